The van der Waals surface area contributed by atoms with Crippen molar-refractivity contribution in [2.75, 3.05) is 0 Å². The van der Waals surface area contributed by atoms with E-state index in [0.717, 1.165) is 12.8 Å². The first kappa shape index (κ1) is 14.5. The Kier molecular flexibility index (Phi) is 3.97. The van der Waals surface area contributed by atoms with Crippen molar-refractivity contribution in [3.05, 3.63) is 34.9 Å². The minimum absolute atomic E-state index is 0.0000926. The molecule has 1 N–H and O–H groups in total. The van der Waals surface area contributed by atoms with E-state index in [0.29, 0.717) is 6.42 Å². The van der Waals surface area contributed by atoms with Gasteiger partial charge in [-0.3, -0.25) is 0 Å². The number of rotatable bonds is 0. The molecule has 100 valence electrons. The molecule has 0 bridgehead atoms. The molecular formula is C15H20Br2O. The molecule has 1 nitrogen and oxygen atoms in total. The zero-order valence-electron chi connectivity index (χ0n) is 10.9. The van der Waals surface area contributed by atoms with Gasteiger partial charge in [0.25, 0.3) is 0 Å². The van der Waals surface area contributed by atoms with E-state index in [-0.39, 0.29) is 21.8 Å². The van der Waals surface area contributed by atoms with Gasteiger partial charge in [0.1, 0.15) is 0 Å². The molecule has 2 aliphatic carbocycles. The Labute approximate surface area is 126 Å². The van der Waals surface area contributed by atoms with Gasteiger partial charge in [0.05, 0.1) is 6.10 Å². The van der Waals surface area contributed by atoms with Gasteiger partial charge in [-0.1, -0.05) is 70.0 Å². The van der Waals surface area contributed by atoms with Crippen molar-refractivity contribution in [3.8, 4) is 0 Å². The normalized spacial score (nSPS) is 41.6. The molecule has 1 saturated carbocycles. The number of hydrogen-bond acceptors (Lipinski definition) is 1. The molecule has 1 spiro atoms. The van der Waals surface area contributed by atoms with Crippen LogP contribution in [0.15, 0.2) is 34.9 Å². The lowest BCUT2D eigenvalue weighted by Crippen LogP contribution is -2.53. The topological polar surface area (TPSA) is 20.2 Å². The summed E-state index contributed by atoms with van der Waals surface area (Å²) in [7, 11) is 0. The highest BCUT2D eigenvalue weighted by molar-refractivity contribution is 9.11. The summed E-state index contributed by atoms with van der Waals surface area (Å²) in [5.74, 6) is 0. The van der Waals surface area contributed by atoms with Gasteiger partial charge in [-0.25, -0.2) is 0 Å². The number of aliphatic hydroxyl groups excluding tert-OH is 1. The van der Waals surface area contributed by atoms with Gasteiger partial charge in [-0.05, 0) is 35.2 Å². The molecule has 3 atom stereocenters. The highest BCUT2D eigenvalue weighted by Crippen LogP contribution is 2.60. The van der Waals surface area contributed by atoms with Crippen LogP contribution in [0.5, 0.6) is 0 Å². The minimum atomic E-state index is -0.334. The lowest BCUT2D eigenvalue weighted by atomic mass is 9.52. The summed E-state index contributed by atoms with van der Waals surface area (Å²) in [5, 5.41) is 10.1. The van der Waals surface area contributed by atoms with Gasteiger partial charge in [-0.15, -0.1) is 0 Å². The molecule has 0 amide bonds. The van der Waals surface area contributed by atoms with Gasteiger partial charge >= 0.3 is 0 Å². The van der Waals surface area contributed by atoms with Gasteiger partial charge in [-0.2, -0.15) is 0 Å². The number of aliphatic hydroxyl groups is 1. The monoisotopic (exact) mass is 374 g/mol. The third-order valence-electron chi connectivity index (χ3n) is 4.79. The van der Waals surface area contributed by atoms with E-state index < -0.39 is 0 Å². The zero-order chi connectivity index (χ0) is 13.6. The predicted octanol–water partition coefficient (Wildman–Crippen LogP) is 4.71. The van der Waals surface area contributed by atoms with Crippen LogP contribution in [0.25, 0.3) is 0 Å². The molecule has 2 aliphatic rings. The van der Waals surface area contributed by atoms with Gasteiger partial charge in [0.15, 0.2) is 0 Å². The SMILES string of the molecule is C=C1C[C@@H](O)[C@@H](Br)C(C)(C)[C@]12C=C/C(=C\Br)CC2. The van der Waals surface area contributed by atoms with Crippen molar-refractivity contribution in [2.24, 2.45) is 10.8 Å². The first-order valence-electron chi connectivity index (χ1n) is 6.34. The van der Waals surface area contributed by atoms with Crippen LogP contribution in [0.1, 0.15) is 33.1 Å². The third kappa shape index (κ3) is 1.99. The van der Waals surface area contributed by atoms with Crippen LogP contribution in [0.3, 0.4) is 0 Å². The first-order valence-corrected chi connectivity index (χ1v) is 8.17. The maximum absolute atomic E-state index is 10.1. The van der Waals surface area contributed by atoms with Crippen LogP contribution in [0.2, 0.25) is 0 Å². The second-order valence-electron chi connectivity index (χ2n) is 5.99. The number of halogens is 2. The Morgan fingerprint density at radius 3 is 2.67 bits per heavy atom. The van der Waals surface area contributed by atoms with E-state index in [1.54, 1.807) is 0 Å². The minimum Gasteiger partial charge on any atom is -0.392 e. The summed E-state index contributed by atoms with van der Waals surface area (Å²) >= 11 is 7.10. The van der Waals surface area contributed by atoms with Crippen molar-refractivity contribution in [1.29, 1.82) is 0 Å². The molecular weight excluding hydrogens is 356 g/mol. The standard InChI is InChI=1S/C15H20Br2O/c1-10-8-12(18)13(17)14(2,3)15(10)6-4-11(9-16)5-7-15/h4,6,9,12-13,18H,1,5,7-8H2,2-3H3/b11-9+/t12-,13-,15+/m1/s1. The van der Waals surface area contributed by atoms with E-state index in [1.165, 1.54) is 11.1 Å². The summed E-state index contributed by atoms with van der Waals surface area (Å²) in [6.07, 6.45) is 6.98. The summed E-state index contributed by atoms with van der Waals surface area (Å²) < 4.78 is 0. The lowest BCUT2D eigenvalue weighted by Gasteiger charge is -2.55. The highest BCUT2D eigenvalue weighted by Gasteiger charge is 2.54. The van der Waals surface area contributed by atoms with E-state index in [2.05, 4.69) is 64.4 Å². The van der Waals surface area contributed by atoms with Crippen molar-refractivity contribution < 1.29 is 5.11 Å². The van der Waals surface area contributed by atoms with Crippen LogP contribution in [0, 0.1) is 10.8 Å². The zero-order valence-corrected chi connectivity index (χ0v) is 14.1. The smallest absolute Gasteiger partial charge is 0.0708 e. The molecule has 0 aromatic heterocycles. The molecule has 0 aromatic carbocycles. The third-order valence-corrected chi connectivity index (χ3v) is 7.14. The fraction of sp³-hybridized carbons (Fsp3) is 0.600. The molecule has 0 heterocycles. The number of hydrogen-bond donors (Lipinski definition) is 1. The Balaban J connectivity index is 2.45. The molecule has 0 saturated heterocycles. The molecule has 0 unspecified atom stereocenters. The van der Waals surface area contributed by atoms with Crippen LogP contribution in [-0.2, 0) is 0 Å². The number of allylic oxidation sites excluding steroid dienone is 3. The van der Waals surface area contributed by atoms with Crippen molar-refractivity contribution in [3.63, 3.8) is 0 Å². The molecule has 18 heavy (non-hydrogen) atoms. The second-order valence-corrected chi connectivity index (χ2v) is 7.43. The predicted molar refractivity (Wildman–Crippen MR) is 84.1 cm³/mol. The Bertz CT molecular complexity index is 422. The van der Waals surface area contributed by atoms with Crippen molar-refractivity contribution in [2.45, 2.75) is 44.0 Å². The molecule has 1 fully saturated rings. The van der Waals surface area contributed by atoms with Gasteiger partial charge in [0, 0.05) is 10.2 Å². The van der Waals surface area contributed by atoms with Crippen LogP contribution in [-0.4, -0.2) is 16.0 Å². The number of alkyl halides is 1. The van der Waals surface area contributed by atoms with E-state index in [4.69, 9.17) is 0 Å². The molecule has 0 aromatic rings. The Hall–Kier alpha value is 0.140. The van der Waals surface area contributed by atoms with Crippen LogP contribution in [0.4, 0.5) is 0 Å². The van der Waals surface area contributed by atoms with Crippen molar-refractivity contribution >= 4 is 31.9 Å². The van der Waals surface area contributed by atoms with Crippen molar-refractivity contribution in [1.82, 2.24) is 0 Å². The molecule has 3 heteroatoms. The van der Waals surface area contributed by atoms with Gasteiger partial charge in [0.2, 0.25) is 0 Å². The van der Waals surface area contributed by atoms with E-state index >= 15 is 0 Å². The van der Waals surface area contributed by atoms with Crippen LogP contribution < -0.4 is 0 Å². The maximum atomic E-state index is 10.1. The fourth-order valence-corrected chi connectivity index (χ4v) is 4.38. The summed E-state index contributed by atoms with van der Waals surface area (Å²) in [6.45, 7) is 8.72. The average molecular weight is 376 g/mol. The Morgan fingerprint density at radius 1 is 1.50 bits per heavy atom. The van der Waals surface area contributed by atoms with Crippen LogP contribution >= 0.6 is 31.9 Å². The Morgan fingerprint density at radius 2 is 2.17 bits per heavy atom. The first-order chi connectivity index (χ1) is 8.35. The summed E-state index contributed by atoms with van der Waals surface area (Å²) in [5.41, 5.74) is 2.46. The second kappa shape index (κ2) is 4.92. The molecule has 0 aliphatic heterocycles. The van der Waals surface area contributed by atoms with E-state index in [1.807, 2.05) is 4.99 Å². The maximum Gasteiger partial charge on any atom is 0.0708 e. The van der Waals surface area contributed by atoms with Gasteiger partial charge < -0.3 is 5.11 Å². The summed E-state index contributed by atoms with van der Waals surface area (Å²) in [6, 6.07) is 0. The lowest BCUT2D eigenvalue weighted by molar-refractivity contribution is 0.0288. The van der Waals surface area contributed by atoms with E-state index in [9.17, 15) is 5.11 Å². The quantitative estimate of drug-likeness (QED) is 0.480. The summed E-state index contributed by atoms with van der Waals surface area (Å²) in [4.78, 5) is 2.10. The molecule has 0 radical (unpaired) electrons. The fourth-order valence-electron chi connectivity index (χ4n) is 3.40. The molecule has 2 rings (SSSR count). The highest BCUT2D eigenvalue weighted by atomic mass is 79.9. The largest absolute Gasteiger partial charge is 0.392 e. The average Bonchev–Trinajstić information content (AvgIpc) is 2.35.